The number of hydrogen-bond acceptors (Lipinski definition) is 6. The molecule has 3 N–H and O–H groups in total. The van der Waals surface area contributed by atoms with Crippen molar-refractivity contribution in [2.75, 3.05) is 0 Å². The minimum Gasteiger partial charge on any atom is -0.476 e. The van der Waals surface area contributed by atoms with Crippen LogP contribution in [-0.4, -0.2) is 34.3 Å². The van der Waals surface area contributed by atoms with E-state index in [1.807, 2.05) is 44.2 Å². The minimum absolute atomic E-state index is 0.0400. The lowest BCUT2D eigenvalue weighted by atomic mass is 9.94. The molecule has 45 heavy (non-hydrogen) atoms. The Bertz CT molecular complexity index is 2050. The van der Waals surface area contributed by atoms with Gasteiger partial charge < -0.3 is 5.11 Å². The molecule has 3 aromatic carbocycles. The highest BCUT2D eigenvalue weighted by molar-refractivity contribution is 7.89. The van der Waals surface area contributed by atoms with Crippen LogP contribution in [0.15, 0.2) is 70.9 Å². The van der Waals surface area contributed by atoms with Crippen molar-refractivity contribution in [3.8, 4) is 27.5 Å². The van der Waals surface area contributed by atoms with Gasteiger partial charge in [0.1, 0.15) is 16.5 Å². The average Bonchev–Trinajstić information content (AvgIpc) is 3.54. The molecule has 8 nitrogen and oxygen atoms in total. The summed E-state index contributed by atoms with van der Waals surface area (Å²) in [5.74, 6) is -1.94. The summed E-state index contributed by atoms with van der Waals surface area (Å²) in [6.45, 7) is 3.87. The molecular formula is C33H30F2N4O4S2. The van der Waals surface area contributed by atoms with Crippen LogP contribution in [0.3, 0.4) is 0 Å². The van der Waals surface area contributed by atoms with Gasteiger partial charge in [-0.1, -0.05) is 50.2 Å². The largest absolute Gasteiger partial charge is 0.476 e. The fraction of sp³-hybridized carbons (Fsp3) is 0.242. The highest BCUT2D eigenvalue weighted by Crippen LogP contribution is 2.39. The zero-order valence-corrected chi connectivity index (χ0v) is 26.1. The van der Waals surface area contributed by atoms with Crippen LogP contribution in [0.1, 0.15) is 65.5 Å². The summed E-state index contributed by atoms with van der Waals surface area (Å²) in [5, 5.41) is 21.5. The van der Waals surface area contributed by atoms with Crippen molar-refractivity contribution in [1.82, 2.24) is 14.8 Å². The molecule has 0 unspecified atom stereocenters. The van der Waals surface area contributed by atoms with E-state index in [0.29, 0.717) is 39.9 Å². The number of benzene rings is 3. The Morgan fingerprint density at radius 2 is 1.78 bits per heavy atom. The number of aromatic nitrogens is 3. The fourth-order valence-corrected chi connectivity index (χ4v) is 6.80. The summed E-state index contributed by atoms with van der Waals surface area (Å²) in [6.07, 6.45) is 2.91. The average molecular weight is 649 g/mol. The number of carbonyl (C=O) groups is 1. The molecule has 1 aliphatic carbocycles. The maximum absolute atomic E-state index is 14.9. The Kier molecular flexibility index (Phi) is 8.14. The van der Waals surface area contributed by atoms with Crippen LogP contribution in [0, 0.1) is 17.6 Å². The first-order chi connectivity index (χ1) is 21.4. The topological polar surface area (TPSA) is 128 Å². The van der Waals surface area contributed by atoms with E-state index in [1.165, 1.54) is 17.5 Å². The summed E-state index contributed by atoms with van der Waals surface area (Å²) >= 11 is 1.15. The predicted molar refractivity (Wildman–Crippen MR) is 168 cm³/mol. The predicted octanol–water partition coefficient (Wildman–Crippen LogP) is 6.95. The van der Waals surface area contributed by atoms with Gasteiger partial charge in [-0.05, 0) is 77.6 Å². The lowest BCUT2D eigenvalue weighted by Gasteiger charge is -2.11. The van der Waals surface area contributed by atoms with Gasteiger partial charge >= 0.3 is 5.97 Å². The monoisotopic (exact) mass is 648 g/mol. The summed E-state index contributed by atoms with van der Waals surface area (Å²) in [5.41, 5.74) is 5.40. The van der Waals surface area contributed by atoms with Crippen LogP contribution in [0.2, 0.25) is 0 Å². The molecule has 0 radical (unpaired) electrons. The van der Waals surface area contributed by atoms with E-state index in [0.717, 1.165) is 58.7 Å². The zero-order chi connectivity index (χ0) is 32.0. The van der Waals surface area contributed by atoms with Crippen molar-refractivity contribution in [2.24, 2.45) is 11.1 Å². The first-order valence-corrected chi connectivity index (χ1v) is 16.8. The number of rotatable bonds is 10. The van der Waals surface area contributed by atoms with Crippen molar-refractivity contribution in [3.05, 3.63) is 106 Å². The van der Waals surface area contributed by atoms with Crippen LogP contribution < -0.4 is 5.14 Å². The summed E-state index contributed by atoms with van der Waals surface area (Å²) < 4.78 is 55.2. The second-order valence-electron chi connectivity index (χ2n) is 11.6. The molecule has 0 atom stereocenters. The number of primary sulfonamides is 1. The number of nitrogens with two attached hydrogens (primary N) is 1. The quantitative estimate of drug-likeness (QED) is 0.169. The highest BCUT2D eigenvalue weighted by atomic mass is 32.2. The molecule has 1 aliphatic rings. The molecule has 2 aromatic heterocycles. The molecule has 0 spiro atoms. The molecule has 0 bridgehead atoms. The van der Waals surface area contributed by atoms with E-state index in [4.69, 9.17) is 10.2 Å². The van der Waals surface area contributed by atoms with Crippen molar-refractivity contribution >= 4 is 27.3 Å². The number of nitrogens with zero attached hydrogens (tertiary/aromatic N) is 3. The van der Waals surface area contributed by atoms with Crippen LogP contribution in [-0.2, 0) is 22.9 Å². The number of sulfonamides is 1. The van der Waals surface area contributed by atoms with Gasteiger partial charge in [-0.2, -0.15) is 5.10 Å². The van der Waals surface area contributed by atoms with E-state index in [1.54, 1.807) is 10.7 Å². The smallest absolute Gasteiger partial charge is 0.355 e. The molecule has 5 aromatic rings. The molecule has 232 valence electrons. The van der Waals surface area contributed by atoms with Gasteiger partial charge in [0.05, 0.1) is 11.4 Å². The Morgan fingerprint density at radius 3 is 2.40 bits per heavy atom. The first-order valence-electron chi connectivity index (χ1n) is 14.4. The molecule has 6 rings (SSSR count). The van der Waals surface area contributed by atoms with Crippen LogP contribution in [0.25, 0.3) is 27.5 Å². The van der Waals surface area contributed by atoms with E-state index < -0.39 is 26.7 Å². The molecule has 0 aliphatic heterocycles. The van der Waals surface area contributed by atoms with Gasteiger partial charge in [0, 0.05) is 22.9 Å². The standard InChI is InChI=1S/C33H30F2N4O4S2/c1-18(2)24-10-9-22(16-26(24)34)21-4-3-5-23(15-21)31-25(12-20-8-11-30(27(35)13-20)45(36,42)43)29(14-19-6-7-19)39(38-31)33-37-28(17-44-33)32(40)41/h3-5,8-11,13,15-19H,6-7,12,14H2,1-2H3,(H,40,41)(H2,36,42,43). The third kappa shape index (κ3) is 6.44. The van der Waals surface area contributed by atoms with Crippen molar-refractivity contribution in [1.29, 1.82) is 0 Å². The van der Waals surface area contributed by atoms with Crippen LogP contribution >= 0.6 is 11.3 Å². The lowest BCUT2D eigenvalue weighted by molar-refractivity contribution is 0.0691. The Labute approximate surface area is 263 Å². The molecule has 12 heteroatoms. The van der Waals surface area contributed by atoms with Crippen molar-refractivity contribution in [2.45, 2.75) is 50.3 Å². The van der Waals surface area contributed by atoms with Gasteiger partial charge in [0.25, 0.3) is 0 Å². The number of thiazole rings is 1. The summed E-state index contributed by atoms with van der Waals surface area (Å²) in [6, 6.07) is 16.6. The van der Waals surface area contributed by atoms with E-state index in [-0.39, 0.29) is 23.8 Å². The Morgan fingerprint density at radius 1 is 1.04 bits per heavy atom. The minimum atomic E-state index is -4.24. The van der Waals surface area contributed by atoms with Gasteiger partial charge in [-0.3, -0.25) is 0 Å². The Balaban J connectivity index is 1.51. The van der Waals surface area contributed by atoms with Crippen molar-refractivity contribution < 1.29 is 27.1 Å². The van der Waals surface area contributed by atoms with Crippen molar-refractivity contribution in [3.63, 3.8) is 0 Å². The molecule has 0 saturated heterocycles. The van der Waals surface area contributed by atoms with E-state index in [2.05, 4.69) is 4.98 Å². The molecule has 0 amide bonds. The Hall–Kier alpha value is -4.26. The first kappa shape index (κ1) is 30.8. The van der Waals surface area contributed by atoms with Gasteiger partial charge in [0.2, 0.25) is 15.2 Å². The summed E-state index contributed by atoms with van der Waals surface area (Å²) in [4.78, 5) is 15.4. The zero-order valence-electron chi connectivity index (χ0n) is 24.5. The summed E-state index contributed by atoms with van der Waals surface area (Å²) in [7, 11) is -4.24. The SMILES string of the molecule is CC(C)c1ccc(-c2cccc(-c3nn(-c4nc(C(=O)O)cs4)c(CC4CC4)c3Cc3ccc(S(N)(=O)=O)c(F)c3)c2)cc1F. The number of aromatic carboxylic acids is 1. The molecular weight excluding hydrogens is 619 g/mol. The van der Waals surface area contributed by atoms with E-state index in [9.17, 15) is 27.1 Å². The molecule has 1 fully saturated rings. The fourth-order valence-electron chi connectivity index (χ4n) is 5.44. The van der Waals surface area contributed by atoms with E-state index >= 15 is 0 Å². The third-order valence-electron chi connectivity index (χ3n) is 7.94. The highest BCUT2D eigenvalue weighted by Gasteiger charge is 2.30. The normalized spacial score (nSPS) is 13.5. The second-order valence-corrected chi connectivity index (χ2v) is 14.0. The lowest BCUT2D eigenvalue weighted by Crippen LogP contribution is -2.14. The van der Waals surface area contributed by atoms with Gasteiger partial charge in [-0.25, -0.2) is 36.8 Å². The van der Waals surface area contributed by atoms with Gasteiger partial charge in [-0.15, -0.1) is 11.3 Å². The number of halogens is 2. The third-order valence-corrected chi connectivity index (χ3v) is 9.70. The number of hydrogen-bond donors (Lipinski definition) is 2. The maximum Gasteiger partial charge on any atom is 0.355 e. The number of carboxylic acids is 1. The van der Waals surface area contributed by atoms with Gasteiger partial charge in [0.15, 0.2) is 5.69 Å². The molecule has 1 saturated carbocycles. The maximum atomic E-state index is 14.9. The second kappa shape index (κ2) is 11.9. The number of carboxylic acid groups (broad SMARTS) is 1. The van der Waals surface area contributed by atoms with Crippen LogP contribution in [0.4, 0.5) is 8.78 Å². The van der Waals surface area contributed by atoms with Crippen LogP contribution in [0.5, 0.6) is 0 Å². The molecule has 2 heterocycles.